The average molecular weight is 316 g/mol. The van der Waals surface area contributed by atoms with Gasteiger partial charge in [0.05, 0.1) is 11.1 Å². The quantitative estimate of drug-likeness (QED) is 0.770. The minimum atomic E-state index is -0.599. The van der Waals surface area contributed by atoms with Crippen LogP contribution in [0.3, 0.4) is 0 Å². The molecule has 108 valence electrons. The van der Waals surface area contributed by atoms with Gasteiger partial charge in [-0.2, -0.15) is 0 Å². The van der Waals surface area contributed by atoms with Crippen molar-refractivity contribution in [2.75, 3.05) is 6.54 Å². The van der Waals surface area contributed by atoms with Gasteiger partial charge in [-0.1, -0.05) is 25.4 Å². The number of hydrogen-bond donors (Lipinski definition) is 1. The Morgan fingerprint density at radius 2 is 1.95 bits per heavy atom. The van der Waals surface area contributed by atoms with Crippen LogP contribution in [0.5, 0.6) is 0 Å². The molecule has 0 aliphatic heterocycles. The van der Waals surface area contributed by atoms with E-state index in [0.29, 0.717) is 12.1 Å². The summed E-state index contributed by atoms with van der Waals surface area (Å²) in [5.41, 5.74) is 0.290. The highest BCUT2D eigenvalue weighted by molar-refractivity contribution is 7.12. The Morgan fingerprint density at radius 3 is 2.55 bits per heavy atom. The van der Waals surface area contributed by atoms with Crippen LogP contribution in [0.25, 0.3) is 0 Å². The van der Waals surface area contributed by atoms with E-state index < -0.39 is 11.6 Å². The maximum absolute atomic E-state index is 14.1. The first-order valence-electron chi connectivity index (χ1n) is 6.53. The molecule has 0 aliphatic rings. The minimum Gasteiger partial charge on any atom is -0.306 e. The van der Waals surface area contributed by atoms with Crippen LogP contribution in [0.2, 0.25) is 5.02 Å². The molecule has 1 N–H and O–H groups in total. The lowest BCUT2D eigenvalue weighted by molar-refractivity contribution is 0.548. The van der Waals surface area contributed by atoms with Crippen LogP contribution in [0.1, 0.15) is 35.2 Å². The van der Waals surface area contributed by atoms with Crippen LogP contribution in [0.4, 0.5) is 8.78 Å². The third-order valence-corrected chi connectivity index (χ3v) is 4.66. The van der Waals surface area contributed by atoms with E-state index in [0.717, 1.165) is 17.4 Å². The van der Waals surface area contributed by atoms with Crippen LogP contribution in [0.15, 0.2) is 24.3 Å². The number of halogens is 3. The van der Waals surface area contributed by atoms with Gasteiger partial charge in [-0.25, -0.2) is 8.78 Å². The second-order valence-corrected chi connectivity index (χ2v) is 6.04. The Balaban J connectivity index is 2.45. The summed E-state index contributed by atoms with van der Waals surface area (Å²) >= 11 is 7.22. The van der Waals surface area contributed by atoms with Crippen LogP contribution < -0.4 is 5.32 Å². The fourth-order valence-electron chi connectivity index (χ4n) is 2.07. The van der Waals surface area contributed by atoms with Gasteiger partial charge in [0, 0.05) is 15.3 Å². The topological polar surface area (TPSA) is 12.0 Å². The Kier molecular flexibility index (Phi) is 5.13. The van der Waals surface area contributed by atoms with Gasteiger partial charge < -0.3 is 5.32 Å². The standard InChI is InChI=1S/C15H16ClF2NS/c1-3-9-5-6-14(20-9)15(19-4-2)10-7-13(18)11(16)8-12(10)17/h5-8,15,19H,3-4H2,1-2H3. The van der Waals surface area contributed by atoms with Crippen molar-refractivity contribution >= 4 is 22.9 Å². The molecule has 20 heavy (non-hydrogen) atoms. The summed E-state index contributed by atoms with van der Waals surface area (Å²) in [6, 6.07) is 5.84. The number of aryl methyl sites for hydroxylation is 1. The molecule has 0 aliphatic carbocycles. The second kappa shape index (κ2) is 6.66. The van der Waals surface area contributed by atoms with Gasteiger partial charge in [-0.15, -0.1) is 11.3 Å². The summed E-state index contributed by atoms with van der Waals surface area (Å²) < 4.78 is 27.7. The summed E-state index contributed by atoms with van der Waals surface area (Å²) in [5.74, 6) is -1.09. The van der Waals surface area contributed by atoms with Crippen molar-refractivity contribution in [1.82, 2.24) is 5.32 Å². The predicted octanol–water partition coefficient (Wildman–Crippen LogP) is 4.94. The molecular weight excluding hydrogens is 300 g/mol. The van der Waals surface area contributed by atoms with Gasteiger partial charge in [0.1, 0.15) is 11.6 Å². The fourth-order valence-corrected chi connectivity index (χ4v) is 3.26. The summed E-state index contributed by atoms with van der Waals surface area (Å²) in [6.45, 7) is 4.67. The molecular formula is C15H16ClF2NS. The van der Waals surface area contributed by atoms with Crippen LogP contribution in [-0.2, 0) is 6.42 Å². The minimum absolute atomic E-state index is 0.193. The lowest BCUT2D eigenvalue weighted by Gasteiger charge is -2.18. The molecule has 1 atom stereocenters. The van der Waals surface area contributed by atoms with E-state index in [1.807, 2.05) is 19.1 Å². The van der Waals surface area contributed by atoms with Gasteiger partial charge in [-0.3, -0.25) is 0 Å². The van der Waals surface area contributed by atoms with Gasteiger partial charge in [-0.05, 0) is 37.2 Å². The number of rotatable bonds is 5. The van der Waals surface area contributed by atoms with Crippen molar-refractivity contribution in [2.24, 2.45) is 0 Å². The molecule has 0 spiro atoms. The van der Waals surface area contributed by atoms with E-state index in [2.05, 4.69) is 12.2 Å². The summed E-state index contributed by atoms with van der Waals surface area (Å²) in [6.07, 6.45) is 0.932. The van der Waals surface area contributed by atoms with Gasteiger partial charge in [0.2, 0.25) is 0 Å². The highest BCUT2D eigenvalue weighted by Gasteiger charge is 2.20. The molecule has 1 aromatic heterocycles. The van der Waals surface area contributed by atoms with Crippen molar-refractivity contribution in [1.29, 1.82) is 0 Å². The molecule has 0 bridgehead atoms. The van der Waals surface area contributed by atoms with Gasteiger partial charge in [0.15, 0.2) is 0 Å². The number of thiophene rings is 1. The zero-order valence-corrected chi connectivity index (χ0v) is 12.9. The third-order valence-electron chi connectivity index (χ3n) is 3.07. The van der Waals surface area contributed by atoms with Crippen LogP contribution in [0, 0.1) is 11.6 Å². The smallest absolute Gasteiger partial charge is 0.142 e. The SMILES string of the molecule is CCNC(c1ccc(CC)s1)c1cc(F)c(Cl)cc1F. The van der Waals surface area contributed by atoms with Gasteiger partial charge >= 0.3 is 0 Å². The van der Waals surface area contributed by atoms with E-state index in [-0.39, 0.29) is 11.1 Å². The van der Waals surface area contributed by atoms with E-state index in [4.69, 9.17) is 11.6 Å². The molecule has 1 nitrogen and oxygen atoms in total. The number of hydrogen-bond acceptors (Lipinski definition) is 2. The monoisotopic (exact) mass is 315 g/mol. The third kappa shape index (κ3) is 3.19. The van der Waals surface area contributed by atoms with Crippen molar-refractivity contribution in [3.63, 3.8) is 0 Å². The molecule has 2 aromatic rings. The van der Waals surface area contributed by atoms with Crippen molar-refractivity contribution in [3.05, 3.63) is 56.2 Å². The molecule has 0 saturated heterocycles. The fraction of sp³-hybridized carbons (Fsp3) is 0.333. The number of benzene rings is 1. The zero-order chi connectivity index (χ0) is 14.7. The maximum Gasteiger partial charge on any atom is 0.142 e. The van der Waals surface area contributed by atoms with E-state index >= 15 is 0 Å². The molecule has 0 saturated carbocycles. The lowest BCUT2D eigenvalue weighted by atomic mass is 10.0. The zero-order valence-electron chi connectivity index (χ0n) is 11.3. The number of nitrogens with one attached hydrogen (secondary N) is 1. The Hall–Kier alpha value is -0.970. The maximum atomic E-state index is 14.1. The summed E-state index contributed by atoms with van der Waals surface area (Å²) in [7, 11) is 0. The van der Waals surface area contributed by atoms with Crippen molar-refractivity contribution < 1.29 is 8.78 Å². The lowest BCUT2D eigenvalue weighted by Crippen LogP contribution is -2.22. The van der Waals surface area contributed by atoms with Crippen molar-refractivity contribution in [3.8, 4) is 0 Å². The average Bonchev–Trinajstić information content (AvgIpc) is 2.89. The van der Waals surface area contributed by atoms with Crippen LogP contribution in [-0.4, -0.2) is 6.54 Å². The van der Waals surface area contributed by atoms with Crippen molar-refractivity contribution in [2.45, 2.75) is 26.3 Å². The molecule has 2 rings (SSSR count). The summed E-state index contributed by atoms with van der Waals surface area (Å²) in [5, 5.41) is 3.01. The first kappa shape index (κ1) is 15.4. The first-order chi connectivity index (χ1) is 9.56. The Morgan fingerprint density at radius 1 is 1.20 bits per heavy atom. The Labute approximate surface area is 126 Å². The largest absolute Gasteiger partial charge is 0.306 e. The molecule has 1 heterocycles. The Bertz CT molecular complexity index is 598. The molecule has 5 heteroatoms. The van der Waals surface area contributed by atoms with E-state index in [9.17, 15) is 8.78 Å². The molecule has 0 amide bonds. The van der Waals surface area contributed by atoms with E-state index in [1.54, 1.807) is 11.3 Å². The highest BCUT2D eigenvalue weighted by Crippen LogP contribution is 2.32. The summed E-state index contributed by atoms with van der Waals surface area (Å²) in [4.78, 5) is 2.20. The second-order valence-electron chi connectivity index (χ2n) is 4.44. The molecule has 1 unspecified atom stereocenters. The molecule has 1 aromatic carbocycles. The normalized spacial score (nSPS) is 12.7. The predicted molar refractivity (Wildman–Crippen MR) is 80.6 cm³/mol. The van der Waals surface area contributed by atoms with Gasteiger partial charge in [0.25, 0.3) is 0 Å². The molecule has 0 radical (unpaired) electrons. The van der Waals surface area contributed by atoms with E-state index in [1.165, 1.54) is 10.9 Å². The first-order valence-corrected chi connectivity index (χ1v) is 7.72. The highest BCUT2D eigenvalue weighted by atomic mass is 35.5. The molecule has 0 fully saturated rings. The van der Waals surface area contributed by atoms with Crippen LogP contribution >= 0.6 is 22.9 Å².